The molecule has 0 bridgehead atoms. The molecule has 1 aliphatic rings. The van der Waals surface area contributed by atoms with Crippen LogP contribution in [0.3, 0.4) is 0 Å². The molecular formula is C11H11F2NO2S. The summed E-state index contributed by atoms with van der Waals surface area (Å²) in [6.07, 6.45) is 0. The monoisotopic (exact) mass is 259 g/mol. The van der Waals surface area contributed by atoms with Crippen molar-refractivity contribution in [3.05, 3.63) is 35.4 Å². The molecule has 1 N–H and O–H groups in total. The highest BCUT2D eigenvalue weighted by atomic mass is 32.2. The van der Waals surface area contributed by atoms with Crippen molar-refractivity contribution in [3.63, 3.8) is 0 Å². The molecule has 17 heavy (non-hydrogen) atoms. The van der Waals surface area contributed by atoms with Gasteiger partial charge in [0.05, 0.1) is 12.4 Å². The molecule has 2 rings (SSSR count). The van der Waals surface area contributed by atoms with E-state index in [1.807, 2.05) is 0 Å². The first-order valence-electron chi connectivity index (χ1n) is 5.10. The van der Waals surface area contributed by atoms with Crippen molar-refractivity contribution in [3.8, 4) is 0 Å². The lowest BCUT2D eigenvalue weighted by Gasteiger charge is -2.23. The zero-order valence-electron chi connectivity index (χ0n) is 8.90. The molecular weight excluding hydrogens is 248 g/mol. The van der Waals surface area contributed by atoms with E-state index in [2.05, 4.69) is 0 Å². The fourth-order valence-electron chi connectivity index (χ4n) is 1.76. The second kappa shape index (κ2) is 5.01. The first kappa shape index (κ1) is 12.3. The van der Waals surface area contributed by atoms with E-state index in [-0.39, 0.29) is 30.4 Å². The Hall–Kier alpha value is -1.14. The second-order valence-corrected chi connectivity index (χ2v) is 4.71. The maximum absolute atomic E-state index is 13.6. The van der Waals surface area contributed by atoms with Crippen LogP contribution in [0.4, 0.5) is 8.78 Å². The van der Waals surface area contributed by atoms with E-state index in [4.69, 9.17) is 5.11 Å². The first-order chi connectivity index (χ1) is 8.13. The van der Waals surface area contributed by atoms with Crippen molar-refractivity contribution in [2.45, 2.75) is 5.37 Å². The highest BCUT2D eigenvalue weighted by Gasteiger charge is 2.33. The minimum absolute atomic E-state index is 0.141. The Kier molecular flexibility index (Phi) is 3.63. The third-order valence-electron chi connectivity index (χ3n) is 2.54. The third-order valence-corrected chi connectivity index (χ3v) is 3.78. The van der Waals surface area contributed by atoms with E-state index in [0.29, 0.717) is 0 Å². The average molecular weight is 259 g/mol. The smallest absolute Gasteiger partial charge is 0.233 e. The van der Waals surface area contributed by atoms with Crippen molar-refractivity contribution in [2.75, 3.05) is 18.9 Å². The lowest BCUT2D eigenvalue weighted by atomic mass is 10.2. The van der Waals surface area contributed by atoms with E-state index < -0.39 is 17.0 Å². The number of rotatable bonds is 3. The Morgan fingerprint density at radius 3 is 2.88 bits per heavy atom. The van der Waals surface area contributed by atoms with Crippen LogP contribution < -0.4 is 0 Å². The van der Waals surface area contributed by atoms with Crippen LogP contribution in [-0.4, -0.2) is 34.8 Å². The van der Waals surface area contributed by atoms with Crippen molar-refractivity contribution in [1.29, 1.82) is 0 Å². The summed E-state index contributed by atoms with van der Waals surface area (Å²) in [6, 6.07) is 3.31. The summed E-state index contributed by atoms with van der Waals surface area (Å²) in [5.41, 5.74) is 0.274. The largest absolute Gasteiger partial charge is 0.395 e. The van der Waals surface area contributed by atoms with Crippen LogP contribution in [0.5, 0.6) is 0 Å². The Morgan fingerprint density at radius 2 is 2.24 bits per heavy atom. The van der Waals surface area contributed by atoms with E-state index >= 15 is 0 Å². The summed E-state index contributed by atoms with van der Waals surface area (Å²) >= 11 is 1.27. The van der Waals surface area contributed by atoms with Crippen LogP contribution in [-0.2, 0) is 4.79 Å². The van der Waals surface area contributed by atoms with Crippen LogP contribution in [0.25, 0.3) is 0 Å². The lowest BCUT2D eigenvalue weighted by Crippen LogP contribution is -2.31. The van der Waals surface area contributed by atoms with Crippen molar-refractivity contribution in [1.82, 2.24) is 4.90 Å². The topological polar surface area (TPSA) is 40.5 Å². The molecule has 6 heteroatoms. The number of hydrogen-bond donors (Lipinski definition) is 1. The summed E-state index contributed by atoms with van der Waals surface area (Å²) in [5.74, 6) is -1.20. The number of aliphatic hydroxyl groups is 1. The molecule has 92 valence electrons. The van der Waals surface area contributed by atoms with Gasteiger partial charge in [0, 0.05) is 18.2 Å². The number of hydrogen-bond acceptors (Lipinski definition) is 3. The fraction of sp³-hybridized carbons (Fsp3) is 0.364. The molecule has 0 aliphatic carbocycles. The summed E-state index contributed by atoms with van der Waals surface area (Å²) in [7, 11) is 0. The highest BCUT2D eigenvalue weighted by molar-refractivity contribution is 8.00. The summed E-state index contributed by atoms with van der Waals surface area (Å²) in [5, 5.41) is 8.39. The fourth-order valence-corrected chi connectivity index (χ4v) is 3.00. The number of aliphatic hydroxyl groups excluding tert-OH is 1. The van der Waals surface area contributed by atoms with Gasteiger partial charge in [-0.05, 0) is 6.07 Å². The normalized spacial score (nSPS) is 20.1. The van der Waals surface area contributed by atoms with Crippen LogP contribution in [0.2, 0.25) is 0 Å². The molecule has 1 atom stereocenters. The molecule has 1 saturated heterocycles. The number of nitrogens with zero attached hydrogens (tertiary/aromatic N) is 1. The quantitative estimate of drug-likeness (QED) is 0.895. The molecule has 1 fully saturated rings. The number of β-amino-alcohol motifs (C(OH)–C–C–N with tert-alkyl or cyclic N) is 1. The second-order valence-electron chi connectivity index (χ2n) is 3.64. The van der Waals surface area contributed by atoms with Gasteiger partial charge in [0.2, 0.25) is 5.91 Å². The Balaban J connectivity index is 2.29. The molecule has 0 unspecified atom stereocenters. The van der Waals surface area contributed by atoms with Crippen LogP contribution >= 0.6 is 11.8 Å². The number of carbonyl (C=O) groups is 1. The number of benzene rings is 1. The van der Waals surface area contributed by atoms with Crippen molar-refractivity contribution in [2.24, 2.45) is 0 Å². The van der Waals surface area contributed by atoms with E-state index in [0.717, 1.165) is 6.07 Å². The van der Waals surface area contributed by atoms with Gasteiger partial charge in [-0.25, -0.2) is 8.78 Å². The molecule has 3 nitrogen and oxygen atoms in total. The Bertz CT molecular complexity index is 441. The summed E-state index contributed by atoms with van der Waals surface area (Å²) < 4.78 is 26.4. The summed E-state index contributed by atoms with van der Waals surface area (Å²) in [6.45, 7) is -0.0150. The number of halogens is 2. The molecule has 1 aliphatic heterocycles. The standard InChI is InChI=1S/C11H11F2NO2S/c12-7-1-2-8(9(13)5-7)11-14(3-4-15)10(16)6-17-11/h1-2,5,11,15H,3-4,6H2/t11-/m1/s1. The van der Waals surface area contributed by atoms with Gasteiger partial charge in [0.25, 0.3) is 0 Å². The van der Waals surface area contributed by atoms with Gasteiger partial charge < -0.3 is 10.0 Å². The first-order valence-corrected chi connectivity index (χ1v) is 6.15. The molecule has 0 spiro atoms. The van der Waals surface area contributed by atoms with Gasteiger partial charge in [0.15, 0.2) is 0 Å². The van der Waals surface area contributed by atoms with Crippen molar-refractivity contribution < 1.29 is 18.7 Å². The third kappa shape index (κ3) is 2.42. The van der Waals surface area contributed by atoms with Gasteiger partial charge >= 0.3 is 0 Å². The Morgan fingerprint density at radius 1 is 1.47 bits per heavy atom. The van der Waals surface area contributed by atoms with E-state index in [1.165, 1.54) is 28.8 Å². The zero-order valence-corrected chi connectivity index (χ0v) is 9.71. The average Bonchev–Trinajstić information content (AvgIpc) is 2.62. The maximum atomic E-state index is 13.6. The van der Waals surface area contributed by atoms with Gasteiger partial charge in [-0.2, -0.15) is 0 Å². The zero-order chi connectivity index (χ0) is 12.4. The van der Waals surface area contributed by atoms with E-state index in [9.17, 15) is 13.6 Å². The van der Waals surface area contributed by atoms with Gasteiger partial charge in [-0.15, -0.1) is 11.8 Å². The summed E-state index contributed by atoms with van der Waals surface area (Å²) in [4.78, 5) is 12.9. The minimum Gasteiger partial charge on any atom is -0.395 e. The predicted molar refractivity (Wildman–Crippen MR) is 60.4 cm³/mol. The number of thioether (sulfide) groups is 1. The maximum Gasteiger partial charge on any atom is 0.233 e. The molecule has 0 aromatic heterocycles. The van der Waals surface area contributed by atoms with Gasteiger partial charge in [-0.1, -0.05) is 6.07 Å². The number of carbonyl (C=O) groups excluding carboxylic acids is 1. The SMILES string of the molecule is O=C1CS[C@H](c2ccc(F)cc2F)N1CCO. The number of amides is 1. The molecule has 1 heterocycles. The van der Waals surface area contributed by atoms with E-state index in [1.54, 1.807) is 0 Å². The predicted octanol–water partition coefficient (Wildman–Crippen LogP) is 1.53. The minimum atomic E-state index is -0.667. The molecule has 1 amide bonds. The van der Waals surface area contributed by atoms with Gasteiger partial charge in [0.1, 0.15) is 17.0 Å². The van der Waals surface area contributed by atoms with Crippen LogP contribution in [0, 0.1) is 11.6 Å². The van der Waals surface area contributed by atoms with Crippen LogP contribution in [0.15, 0.2) is 18.2 Å². The molecule has 1 aromatic carbocycles. The molecule has 0 saturated carbocycles. The van der Waals surface area contributed by atoms with Gasteiger partial charge in [-0.3, -0.25) is 4.79 Å². The molecule has 1 aromatic rings. The Labute approximate surface area is 101 Å². The molecule has 0 radical (unpaired) electrons. The van der Waals surface area contributed by atoms with Crippen LogP contribution in [0.1, 0.15) is 10.9 Å². The lowest BCUT2D eigenvalue weighted by molar-refractivity contribution is -0.128. The van der Waals surface area contributed by atoms with Crippen molar-refractivity contribution >= 4 is 17.7 Å². The highest BCUT2D eigenvalue weighted by Crippen LogP contribution is 2.39.